The van der Waals surface area contributed by atoms with Gasteiger partial charge in [-0.2, -0.15) is 0 Å². The molecule has 2 aromatic carbocycles. The number of nitrogens with one attached hydrogen (secondary N) is 3. The lowest BCUT2D eigenvalue weighted by molar-refractivity contribution is -0.143. The summed E-state index contributed by atoms with van der Waals surface area (Å²) in [5, 5.41) is 25.5. The Morgan fingerprint density at radius 3 is 1.83 bits per heavy atom. The Morgan fingerprint density at radius 1 is 0.750 bits per heavy atom. The van der Waals surface area contributed by atoms with Gasteiger partial charge >= 0.3 is 18.2 Å². The van der Waals surface area contributed by atoms with Crippen LogP contribution in [0.25, 0.3) is 0 Å². The zero-order valence-corrected chi connectivity index (χ0v) is 19.7. The standard InChI is InChI=1S/C25H31N3O8/c29-15-21(23(31)32)27-22(30)20(28-25(34)36-17-19-11-5-2-6-12-19)13-7-8-14-26-24(33)35-16-18-9-3-1-4-10-18/h1-6,9-12,20-21,29H,7-8,13-17H2,(H,26,33)(H,27,30)(H,28,34)(H,31,32)/t20-,21+/m1/s1. The SMILES string of the molecule is O=C(NCCCC[C@@H](NC(=O)OCc1ccccc1)C(=O)N[C@@H](CO)C(=O)O)OCc1ccccc1. The number of aliphatic carboxylic acids is 1. The molecule has 0 aliphatic heterocycles. The first-order valence-corrected chi connectivity index (χ1v) is 11.4. The van der Waals surface area contributed by atoms with E-state index in [9.17, 15) is 24.3 Å². The van der Waals surface area contributed by atoms with Crippen molar-refractivity contribution in [3.05, 3.63) is 71.8 Å². The van der Waals surface area contributed by atoms with Gasteiger partial charge in [0.15, 0.2) is 0 Å². The highest BCUT2D eigenvalue weighted by Gasteiger charge is 2.26. The smallest absolute Gasteiger partial charge is 0.408 e. The summed E-state index contributed by atoms with van der Waals surface area (Å²) in [6.07, 6.45) is -0.411. The molecule has 0 aromatic heterocycles. The maximum atomic E-state index is 12.6. The topological polar surface area (TPSA) is 163 Å². The molecule has 0 spiro atoms. The minimum atomic E-state index is -1.51. The number of carboxylic acids is 1. The van der Waals surface area contributed by atoms with Crippen molar-refractivity contribution in [3.8, 4) is 0 Å². The number of hydrogen-bond donors (Lipinski definition) is 5. The van der Waals surface area contributed by atoms with Crippen molar-refractivity contribution in [3.63, 3.8) is 0 Å². The second-order valence-electron chi connectivity index (χ2n) is 7.82. The summed E-state index contributed by atoms with van der Waals surface area (Å²) in [7, 11) is 0. The lowest BCUT2D eigenvalue weighted by atomic mass is 10.1. The molecular formula is C25H31N3O8. The zero-order valence-electron chi connectivity index (χ0n) is 19.7. The van der Waals surface area contributed by atoms with Crippen LogP contribution in [-0.4, -0.2) is 59.5 Å². The Morgan fingerprint density at radius 2 is 1.31 bits per heavy atom. The Kier molecular flexibility index (Phi) is 12.3. The van der Waals surface area contributed by atoms with Crippen LogP contribution >= 0.6 is 0 Å². The number of carbonyl (C=O) groups is 4. The van der Waals surface area contributed by atoms with Crippen molar-refractivity contribution in [1.29, 1.82) is 0 Å². The predicted molar refractivity (Wildman–Crippen MR) is 129 cm³/mol. The molecule has 2 rings (SSSR count). The van der Waals surface area contributed by atoms with E-state index in [4.69, 9.17) is 14.6 Å². The van der Waals surface area contributed by atoms with Crippen LogP contribution in [0.2, 0.25) is 0 Å². The minimum Gasteiger partial charge on any atom is -0.480 e. The van der Waals surface area contributed by atoms with Crippen molar-refractivity contribution < 1.29 is 38.9 Å². The lowest BCUT2D eigenvalue weighted by Crippen LogP contribution is -2.52. The molecule has 36 heavy (non-hydrogen) atoms. The van der Waals surface area contributed by atoms with Gasteiger partial charge in [-0.15, -0.1) is 0 Å². The Hall–Kier alpha value is -4.12. The number of hydrogen-bond acceptors (Lipinski definition) is 7. The number of aliphatic hydroxyl groups is 1. The number of aliphatic hydroxyl groups excluding tert-OH is 1. The van der Waals surface area contributed by atoms with Crippen molar-refractivity contribution in [2.24, 2.45) is 0 Å². The molecule has 5 N–H and O–H groups in total. The summed E-state index contributed by atoms with van der Waals surface area (Å²) in [6, 6.07) is 15.5. The number of ether oxygens (including phenoxy) is 2. The summed E-state index contributed by atoms with van der Waals surface area (Å²) < 4.78 is 10.3. The van der Waals surface area contributed by atoms with E-state index in [1.54, 1.807) is 24.3 Å². The molecule has 11 heteroatoms. The van der Waals surface area contributed by atoms with Gasteiger partial charge in [-0.05, 0) is 30.4 Å². The lowest BCUT2D eigenvalue weighted by Gasteiger charge is -2.20. The van der Waals surface area contributed by atoms with Gasteiger partial charge in [-0.1, -0.05) is 60.7 Å². The Balaban J connectivity index is 1.79. The second kappa shape index (κ2) is 15.7. The van der Waals surface area contributed by atoms with Gasteiger partial charge in [0.05, 0.1) is 6.61 Å². The average Bonchev–Trinajstić information content (AvgIpc) is 2.89. The second-order valence-corrected chi connectivity index (χ2v) is 7.82. The maximum Gasteiger partial charge on any atom is 0.408 e. The molecule has 0 saturated carbocycles. The molecule has 0 heterocycles. The van der Waals surface area contributed by atoms with Crippen molar-refractivity contribution in [2.45, 2.75) is 44.6 Å². The number of unbranched alkanes of at least 4 members (excludes halogenated alkanes) is 1. The quantitative estimate of drug-likeness (QED) is 0.245. The average molecular weight is 502 g/mol. The minimum absolute atomic E-state index is 0.00951. The van der Waals surface area contributed by atoms with E-state index in [-0.39, 0.29) is 26.2 Å². The van der Waals surface area contributed by atoms with E-state index < -0.39 is 42.8 Å². The number of amides is 3. The molecule has 0 aliphatic carbocycles. The molecule has 0 saturated heterocycles. The fraction of sp³-hybridized carbons (Fsp3) is 0.360. The summed E-state index contributed by atoms with van der Waals surface area (Å²) in [6.45, 7) is -0.403. The molecule has 3 amide bonds. The highest BCUT2D eigenvalue weighted by molar-refractivity contribution is 5.89. The van der Waals surface area contributed by atoms with Gasteiger partial charge in [0, 0.05) is 6.54 Å². The molecule has 11 nitrogen and oxygen atoms in total. The van der Waals surface area contributed by atoms with E-state index >= 15 is 0 Å². The van der Waals surface area contributed by atoms with Crippen molar-refractivity contribution >= 4 is 24.1 Å². The largest absolute Gasteiger partial charge is 0.480 e. The monoisotopic (exact) mass is 501 g/mol. The van der Waals surface area contributed by atoms with Crippen LogP contribution in [0.3, 0.4) is 0 Å². The van der Waals surface area contributed by atoms with Crippen LogP contribution in [0.4, 0.5) is 9.59 Å². The van der Waals surface area contributed by atoms with Gasteiger partial charge < -0.3 is 35.6 Å². The van der Waals surface area contributed by atoms with E-state index in [0.29, 0.717) is 12.8 Å². The van der Waals surface area contributed by atoms with Crippen molar-refractivity contribution in [1.82, 2.24) is 16.0 Å². The summed E-state index contributed by atoms with van der Waals surface area (Å²) in [5.74, 6) is -2.18. The fourth-order valence-electron chi connectivity index (χ4n) is 3.07. The fourth-order valence-corrected chi connectivity index (χ4v) is 3.07. The number of rotatable bonds is 14. The third kappa shape index (κ3) is 10.9. The maximum absolute atomic E-state index is 12.6. The van der Waals surface area contributed by atoms with Crippen molar-refractivity contribution in [2.75, 3.05) is 13.2 Å². The van der Waals surface area contributed by atoms with Crippen LogP contribution < -0.4 is 16.0 Å². The number of carboxylic acid groups (broad SMARTS) is 1. The normalized spacial score (nSPS) is 12.0. The Labute approximate surface area is 208 Å². The first kappa shape index (κ1) is 28.1. The molecule has 0 unspecified atom stereocenters. The zero-order chi connectivity index (χ0) is 26.2. The van der Waals surface area contributed by atoms with Crippen LogP contribution in [0, 0.1) is 0 Å². The summed E-state index contributed by atoms with van der Waals surface area (Å²) in [5.41, 5.74) is 1.61. The Bertz CT molecular complexity index is 972. The van der Waals surface area contributed by atoms with Crippen LogP contribution in [0.15, 0.2) is 60.7 Å². The highest BCUT2D eigenvalue weighted by atomic mass is 16.6. The molecule has 0 fully saturated rings. The van der Waals surface area contributed by atoms with Gasteiger partial charge in [-0.25, -0.2) is 14.4 Å². The summed E-state index contributed by atoms with van der Waals surface area (Å²) >= 11 is 0. The van der Waals surface area contributed by atoms with Gasteiger partial charge in [-0.3, -0.25) is 4.79 Å². The molecule has 0 bridgehead atoms. The molecule has 0 aliphatic rings. The first-order valence-electron chi connectivity index (χ1n) is 11.4. The molecular weight excluding hydrogens is 470 g/mol. The third-order valence-corrected chi connectivity index (χ3v) is 5.02. The van der Waals surface area contributed by atoms with E-state index in [1.165, 1.54) is 0 Å². The number of benzene rings is 2. The van der Waals surface area contributed by atoms with Gasteiger partial charge in [0.2, 0.25) is 5.91 Å². The van der Waals surface area contributed by atoms with E-state index in [1.807, 2.05) is 36.4 Å². The van der Waals surface area contributed by atoms with Gasteiger partial charge in [0.1, 0.15) is 25.3 Å². The first-order chi connectivity index (χ1) is 17.4. The number of carbonyl (C=O) groups excluding carboxylic acids is 3. The van der Waals surface area contributed by atoms with Gasteiger partial charge in [0.25, 0.3) is 0 Å². The molecule has 2 atom stereocenters. The molecule has 2 aromatic rings. The third-order valence-electron chi connectivity index (χ3n) is 5.02. The summed E-state index contributed by atoms with van der Waals surface area (Å²) in [4.78, 5) is 47.8. The van der Waals surface area contributed by atoms with E-state index in [0.717, 1.165) is 11.1 Å². The highest BCUT2D eigenvalue weighted by Crippen LogP contribution is 2.05. The number of alkyl carbamates (subject to hydrolysis) is 2. The van der Waals surface area contributed by atoms with E-state index in [2.05, 4.69) is 16.0 Å². The van der Waals surface area contributed by atoms with Crippen LogP contribution in [0.1, 0.15) is 30.4 Å². The van der Waals surface area contributed by atoms with Crippen LogP contribution in [0.5, 0.6) is 0 Å². The molecule has 0 radical (unpaired) electrons. The predicted octanol–water partition coefficient (Wildman–Crippen LogP) is 1.94. The molecule has 194 valence electrons. The van der Waals surface area contributed by atoms with Crippen LogP contribution in [-0.2, 0) is 32.3 Å².